The first-order chi connectivity index (χ1) is 48.0. The minimum absolute atomic E-state index is 0.0548. The van der Waals surface area contributed by atoms with E-state index in [9.17, 15) is 63.0 Å². The van der Waals surface area contributed by atoms with E-state index in [4.69, 9.17) is 28.9 Å². The Hall–Kier alpha value is -9.29. The number of fused-ring (bicyclic) bond motifs is 10. The Balaban J connectivity index is 0.000000185. The first-order valence-corrected chi connectivity index (χ1v) is 35.6. The van der Waals surface area contributed by atoms with Crippen molar-refractivity contribution < 1.29 is 72.3 Å². The van der Waals surface area contributed by atoms with Crippen molar-refractivity contribution in [3.05, 3.63) is 114 Å². The first kappa shape index (κ1) is 69.2. The van der Waals surface area contributed by atoms with Crippen molar-refractivity contribution in [2.75, 3.05) is 19.6 Å². The van der Waals surface area contributed by atoms with Crippen molar-refractivity contribution in [1.82, 2.24) is 34.2 Å². The number of esters is 4. The molecule has 0 radical (unpaired) electrons. The lowest BCUT2D eigenvalue weighted by atomic mass is 9.80. The van der Waals surface area contributed by atoms with Crippen molar-refractivity contribution in [2.45, 2.75) is 195 Å². The molecule has 10 heterocycles. The van der Waals surface area contributed by atoms with Gasteiger partial charge in [-0.1, -0.05) is 48.0 Å². The third-order valence-electron chi connectivity index (χ3n) is 22.3. The van der Waals surface area contributed by atoms with Crippen LogP contribution in [0.3, 0.4) is 0 Å². The highest BCUT2D eigenvalue weighted by atomic mass is 16.6. The predicted octanol–water partition coefficient (Wildman–Crippen LogP) is 8.17. The number of nitrogens with zero attached hydrogens (tertiary/aromatic N) is 6. The topological polar surface area (TPSA) is 319 Å². The summed E-state index contributed by atoms with van der Waals surface area (Å²) in [7, 11) is 0. The number of ether oxygens (including phenoxy) is 4. The average molecular weight is 1370 g/mol. The number of aryl methyl sites for hydroxylation is 2. The Morgan fingerprint density at radius 1 is 0.580 bits per heavy atom. The van der Waals surface area contributed by atoms with E-state index in [-0.39, 0.29) is 143 Å². The van der Waals surface area contributed by atoms with E-state index in [1.165, 1.54) is 9.80 Å². The number of hydrogen-bond donors (Lipinski definition) is 3. The molecule has 4 aromatic heterocycles. The number of aliphatic hydroxyl groups is 2. The molecule has 526 valence electrons. The smallest absolute Gasteiger partial charge is 0.343 e. The van der Waals surface area contributed by atoms with E-state index in [0.29, 0.717) is 135 Å². The summed E-state index contributed by atoms with van der Waals surface area (Å²) in [5, 5.41) is 27.2. The van der Waals surface area contributed by atoms with E-state index in [1.807, 2.05) is 26.0 Å². The van der Waals surface area contributed by atoms with Gasteiger partial charge >= 0.3 is 23.9 Å². The zero-order chi connectivity index (χ0) is 70.8. The van der Waals surface area contributed by atoms with Gasteiger partial charge in [-0.25, -0.2) is 19.6 Å². The number of imide groups is 2. The fourth-order valence-corrected chi connectivity index (χ4v) is 16.3. The van der Waals surface area contributed by atoms with Gasteiger partial charge in [-0.2, -0.15) is 0 Å². The summed E-state index contributed by atoms with van der Waals surface area (Å²) in [5.41, 5.74) is 4.13. The number of amides is 5. The highest BCUT2D eigenvalue weighted by Gasteiger charge is 2.48. The van der Waals surface area contributed by atoms with Crippen LogP contribution in [-0.4, -0.2) is 112 Å². The number of nitrogens with one attached hydrogen (secondary N) is 1. The van der Waals surface area contributed by atoms with Crippen LogP contribution in [0, 0.1) is 35.5 Å². The molecule has 2 aromatic carbocycles. The molecule has 5 amide bonds. The van der Waals surface area contributed by atoms with Crippen LogP contribution in [0.15, 0.2) is 58.1 Å². The number of unbranched alkanes of at least 4 members (excludes halogenated alkanes) is 2. The Morgan fingerprint density at radius 2 is 1.06 bits per heavy atom. The molecular formula is C76H85N7O17. The third-order valence-corrected chi connectivity index (χ3v) is 22.3. The number of hydrogen-bond acceptors (Lipinski definition) is 19. The molecule has 6 aromatic rings. The van der Waals surface area contributed by atoms with Gasteiger partial charge in [0.1, 0.15) is 24.7 Å². The highest BCUT2D eigenvalue weighted by Crippen LogP contribution is 2.44. The van der Waals surface area contributed by atoms with Gasteiger partial charge < -0.3 is 43.6 Å². The molecule has 8 aliphatic rings. The number of cyclic esters (lactones) is 2. The van der Waals surface area contributed by atoms with Gasteiger partial charge in [0.2, 0.25) is 29.5 Å². The summed E-state index contributed by atoms with van der Waals surface area (Å²) in [4.78, 5) is 152. The minimum Gasteiger partial charge on any atom is -0.458 e. The second-order valence-electron chi connectivity index (χ2n) is 28.4. The third kappa shape index (κ3) is 12.5. The number of carbonyl (C=O) groups is 9. The van der Waals surface area contributed by atoms with E-state index in [1.54, 1.807) is 73.2 Å². The molecule has 100 heavy (non-hydrogen) atoms. The molecule has 2 unspecified atom stereocenters. The lowest BCUT2D eigenvalue weighted by Gasteiger charge is -2.31. The molecule has 24 nitrogen and oxygen atoms in total. The molecule has 0 spiro atoms. The molecule has 2 saturated heterocycles. The summed E-state index contributed by atoms with van der Waals surface area (Å²) in [6, 6.07) is 14.1. The largest absolute Gasteiger partial charge is 0.458 e. The SMILES string of the molecule is CCc1c2c(nc3ccc(OC(=O)C4CCC(CNC(=O)C5CCC(CN6C(=O)CC(C)C6=O)CC5)CC4)cc13)-c1cc3c(c(=O)n1C2)COC(=O)[C@]3(O)CC.CCc1c2c(nc3ccc(OC(=O)CCCCCN4C(=O)CC(C)C4=O)cc13)-c1cc3c(c(=O)n1C2)COC(=O)[C@]3(O)CC. The minimum atomic E-state index is -1.90. The quantitative estimate of drug-likeness (QED) is 0.0315. The van der Waals surface area contributed by atoms with Crippen LogP contribution in [0.1, 0.15) is 189 Å². The number of benzene rings is 2. The van der Waals surface area contributed by atoms with Crippen LogP contribution in [0.4, 0.5) is 0 Å². The van der Waals surface area contributed by atoms with Gasteiger partial charge in [-0.15, -0.1) is 0 Å². The van der Waals surface area contributed by atoms with Crippen LogP contribution in [0.25, 0.3) is 44.6 Å². The molecule has 24 heteroatoms. The molecule has 6 aliphatic heterocycles. The number of pyridine rings is 4. The van der Waals surface area contributed by atoms with Crippen LogP contribution in [0.5, 0.6) is 11.5 Å². The number of aromatic nitrogens is 4. The van der Waals surface area contributed by atoms with E-state index >= 15 is 0 Å². The fraction of sp³-hybridized carbons (Fsp3) is 0.513. The Kier molecular flexibility index (Phi) is 19.2. The second-order valence-corrected chi connectivity index (χ2v) is 28.4. The molecule has 14 rings (SSSR count). The molecule has 4 atom stereocenters. The normalized spacial score (nSPS) is 24.2. The monoisotopic (exact) mass is 1370 g/mol. The maximum Gasteiger partial charge on any atom is 0.343 e. The molecule has 2 aliphatic carbocycles. The van der Waals surface area contributed by atoms with Gasteiger partial charge in [-0.3, -0.25) is 53.0 Å². The predicted molar refractivity (Wildman–Crippen MR) is 362 cm³/mol. The summed E-state index contributed by atoms with van der Waals surface area (Å²) < 4.78 is 25.2. The number of carbonyl (C=O) groups excluding carboxylic acids is 9. The average Bonchev–Trinajstić information content (AvgIpc) is 1.54. The van der Waals surface area contributed by atoms with Crippen molar-refractivity contribution in [3.8, 4) is 34.3 Å². The Labute approximate surface area is 577 Å². The van der Waals surface area contributed by atoms with Gasteiger partial charge in [0.25, 0.3) is 11.1 Å². The Bertz CT molecular complexity index is 4560. The van der Waals surface area contributed by atoms with Crippen LogP contribution < -0.4 is 25.9 Å². The van der Waals surface area contributed by atoms with Crippen molar-refractivity contribution in [2.24, 2.45) is 35.5 Å². The molecule has 3 N–H and O–H groups in total. The van der Waals surface area contributed by atoms with Gasteiger partial charge in [0.05, 0.1) is 63.9 Å². The lowest BCUT2D eigenvalue weighted by Crippen LogP contribution is -2.44. The van der Waals surface area contributed by atoms with Gasteiger partial charge in [0.15, 0.2) is 11.2 Å². The lowest BCUT2D eigenvalue weighted by molar-refractivity contribution is -0.172. The molecule has 0 bridgehead atoms. The standard InChI is InChI=1S/C43H50N4O9.C33H35N3O8/c1-4-29-30-17-28(14-15-34(30)45-37-31(29)21-46-35(37)18-33-32(40(46)51)22-55-42(53)43(33,54)5-2)56-41(52)27-12-6-24(7-13-27)19-44-38(49)26-10-8-25(9-11-26)20-47-36(48)16-23(3)39(47)50;1-4-20-21-14-19(44-28(38)9-7-6-8-12-35-27(37)13-18(3)30(35)39)10-11-25(21)34-29-22(20)16-36-26(29)15-24-23(31(36)40)17-43-32(41)33(24,42)5-2/h14-15,17-18,23-27,54H,4-13,16,19-22H2,1-3H3,(H,44,49);10-11,14-15,18,42H,4-9,12-13,16-17H2,1-3H3/t23?,24?,25?,26?,27?,43-;18?,33-/m00/s1. The second kappa shape index (κ2) is 27.7. The van der Waals surface area contributed by atoms with E-state index < -0.39 is 23.1 Å². The summed E-state index contributed by atoms with van der Waals surface area (Å²) in [5.74, 6) is -1.91. The van der Waals surface area contributed by atoms with Gasteiger partial charge in [-0.05, 0) is 161 Å². The van der Waals surface area contributed by atoms with Crippen molar-refractivity contribution >= 4 is 75.2 Å². The van der Waals surface area contributed by atoms with Gasteiger partial charge in [0, 0.05) is 89.7 Å². The van der Waals surface area contributed by atoms with Crippen molar-refractivity contribution in [1.29, 1.82) is 0 Å². The van der Waals surface area contributed by atoms with E-state index in [0.717, 1.165) is 71.6 Å². The van der Waals surface area contributed by atoms with Crippen LogP contribution in [0.2, 0.25) is 0 Å². The number of rotatable bonds is 18. The number of likely N-dealkylation sites (tertiary alicyclic amines) is 2. The molecule has 2 saturated carbocycles. The highest BCUT2D eigenvalue weighted by molar-refractivity contribution is 6.04. The molecular weight excluding hydrogens is 1280 g/mol. The van der Waals surface area contributed by atoms with Crippen LogP contribution >= 0.6 is 0 Å². The summed E-state index contributed by atoms with van der Waals surface area (Å²) >= 11 is 0. The Morgan fingerprint density at radius 3 is 1.54 bits per heavy atom. The maximum absolute atomic E-state index is 13.7. The zero-order valence-electron chi connectivity index (χ0n) is 57.5. The van der Waals surface area contributed by atoms with E-state index in [2.05, 4.69) is 5.32 Å². The molecule has 4 fully saturated rings. The fourth-order valence-electron chi connectivity index (χ4n) is 16.3. The summed E-state index contributed by atoms with van der Waals surface area (Å²) in [6.07, 6.45) is 10.3. The maximum atomic E-state index is 13.7. The zero-order valence-corrected chi connectivity index (χ0v) is 57.5. The first-order valence-electron chi connectivity index (χ1n) is 35.6. The van der Waals surface area contributed by atoms with Crippen molar-refractivity contribution in [3.63, 3.8) is 0 Å². The van der Waals surface area contributed by atoms with Crippen LogP contribution in [-0.2, 0) is 103 Å². The summed E-state index contributed by atoms with van der Waals surface area (Å²) in [6.45, 7) is 12.6.